The van der Waals surface area contributed by atoms with Crippen LogP contribution in [-0.2, 0) is 0 Å². The molecule has 1 unspecified atom stereocenters. The van der Waals surface area contributed by atoms with Gasteiger partial charge in [0.15, 0.2) is 5.82 Å². The number of amides is 1. The first kappa shape index (κ1) is 32.9. The zero-order chi connectivity index (χ0) is 31.3. The minimum atomic E-state index is -4.17. The van der Waals surface area contributed by atoms with Crippen LogP contribution in [0, 0.1) is 11.3 Å². The monoisotopic (exact) mass is 639 g/mol. The molecule has 3 heterocycles. The zero-order valence-electron chi connectivity index (χ0n) is 24.3. The van der Waals surface area contributed by atoms with Crippen LogP contribution >= 0.6 is 23.5 Å². The lowest BCUT2D eigenvalue weighted by atomic mass is 9.95. The highest BCUT2D eigenvalue weighted by Gasteiger charge is 2.62. The first-order chi connectivity index (χ1) is 20.3. The molecule has 3 N–H and O–H groups in total. The molecular formula is C29H37ClF3N7O2S. The van der Waals surface area contributed by atoms with Gasteiger partial charge in [-0.25, -0.2) is 14.7 Å². The SMILES string of the molecule is C=C/C(=N\C(=C)NCCC1CNC(C)(C)C1)SNC(=O)c1ccc(-n2ccc(OCCCC3(C(F)(F)F)CC3)n2)nc1Cl. The molecule has 0 aromatic carbocycles. The van der Waals surface area contributed by atoms with Crippen molar-refractivity contribution in [3.63, 3.8) is 0 Å². The summed E-state index contributed by atoms with van der Waals surface area (Å²) >= 11 is 7.29. The maximum absolute atomic E-state index is 13.1. The van der Waals surface area contributed by atoms with E-state index in [0.717, 1.165) is 37.9 Å². The lowest BCUT2D eigenvalue weighted by Gasteiger charge is -2.18. The molecule has 43 heavy (non-hydrogen) atoms. The van der Waals surface area contributed by atoms with E-state index in [-0.39, 0.29) is 54.4 Å². The number of aliphatic imine (C=N–C) groups is 1. The number of hydrogen-bond donors (Lipinski definition) is 3. The first-order valence-electron chi connectivity index (χ1n) is 14.1. The van der Waals surface area contributed by atoms with Crippen LogP contribution in [0.1, 0.15) is 62.7 Å². The topological polar surface area (TPSA) is 105 Å². The van der Waals surface area contributed by atoms with Crippen LogP contribution < -0.4 is 20.1 Å². The second-order valence-corrected chi connectivity index (χ2v) is 12.7. The molecule has 2 aromatic heterocycles. The van der Waals surface area contributed by atoms with Crippen molar-refractivity contribution in [3.8, 4) is 11.7 Å². The summed E-state index contributed by atoms with van der Waals surface area (Å²) in [4.78, 5) is 21.4. The smallest absolute Gasteiger partial charge is 0.394 e. The molecule has 4 rings (SSSR count). The van der Waals surface area contributed by atoms with Crippen molar-refractivity contribution in [2.24, 2.45) is 16.3 Å². The Morgan fingerprint density at radius 3 is 2.74 bits per heavy atom. The average Bonchev–Trinajstić information content (AvgIpc) is 3.47. The number of carbonyl (C=O) groups excluding carboxylic acids is 1. The summed E-state index contributed by atoms with van der Waals surface area (Å²) in [6.45, 7) is 14.0. The van der Waals surface area contributed by atoms with Gasteiger partial charge >= 0.3 is 6.18 Å². The van der Waals surface area contributed by atoms with Crippen LogP contribution in [0.5, 0.6) is 5.88 Å². The van der Waals surface area contributed by atoms with Gasteiger partial charge in [-0.05, 0) is 83.0 Å². The third kappa shape index (κ3) is 8.99. The summed E-state index contributed by atoms with van der Waals surface area (Å²) in [6, 6.07) is 4.66. The number of hydrogen-bond acceptors (Lipinski definition) is 8. The Balaban J connectivity index is 1.22. The summed E-state index contributed by atoms with van der Waals surface area (Å²) in [5.41, 5.74) is -1.22. The molecule has 0 spiro atoms. The molecule has 1 atom stereocenters. The molecule has 234 valence electrons. The second kappa shape index (κ2) is 13.7. The van der Waals surface area contributed by atoms with Crippen LogP contribution in [0.15, 0.2) is 54.4 Å². The van der Waals surface area contributed by atoms with Crippen LogP contribution in [0.4, 0.5) is 13.2 Å². The Morgan fingerprint density at radius 1 is 1.35 bits per heavy atom. The normalized spacial score (nSPS) is 19.1. The summed E-state index contributed by atoms with van der Waals surface area (Å²) < 4.78 is 48.8. The van der Waals surface area contributed by atoms with Crippen molar-refractivity contribution in [2.75, 3.05) is 19.7 Å². The van der Waals surface area contributed by atoms with E-state index < -0.39 is 17.5 Å². The third-order valence-electron chi connectivity index (χ3n) is 7.60. The molecular weight excluding hydrogens is 603 g/mol. The highest BCUT2D eigenvalue weighted by Crippen LogP contribution is 2.60. The number of rotatable bonds is 13. The zero-order valence-corrected chi connectivity index (χ0v) is 25.8. The minimum Gasteiger partial charge on any atom is -0.477 e. The number of aromatic nitrogens is 3. The van der Waals surface area contributed by atoms with Gasteiger partial charge in [0.25, 0.3) is 5.91 Å². The standard InChI is InChI=1S/C29H37ClF3N7O2S/c1-5-24(36-19(2)34-14-9-20-17-27(3,4)35-18-20)43-39-26(41)21-7-8-22(37-25(21)30)40-15-10-23(38-40)42-16-6-11-28(12-13-28)29(31,32)33/h5,7-8,10,15,20,34-35H,1-2,6,9,11-14,16-18H2,3-4H3,(H,39,41)/b36-24+. The molecule has 14 heteroatoms. The second-order valence-electron chi connectivity index (χ2n) is 11.5. The van der Waals surface area contributed by atoms with E-state index in [1.54, 1.807) is 18.3 Å². The van der Waals surface area contributed by atoms with Gasteiger partial charge in [-0.2, -0.15) is 13.2 Å². The highest BCUT2D eigenvalue weighted by molar-refractivity contribution is 8.13. The summed E-state index contributed by atoms with van der Waals surface area (Å²) in [7, 11) is 0. The summed E-state index contributed by atoms with van der Waals surface area (Å²) in [6.07, 6.45) is 1.73. The van der Waals surface area contributed by atoms with Crippen LogP contribution in [0.2, 0.25) is 5.15 Å². The van der Waals surface area contributed by atoms with Gasteiger partial charge in [0.1, 0.15) is 16.0 Å². The molecule has 9 nitrogen and oxygen atoms in total. The predicted molar refractivity (Wildman–Crippen MR) is 163 cm³/mol. The van der Waals surface area contributed by atoms with E-state index in [1.807, 2.05) is 0 Å². The Labute approximate surface area is 258 Å². The molecule has 0 radical (unpaired) electrons. The maximum atomic E-state index is 13.1. The molecule has 1 saturated heterocycles. The van der Waals surface area contributed by atoms with Crippen molar-refractivity contribution in [3.05, 3.63) is 60.2 Å². The van der Waals surface area contributed by atoms with Crippen LogP contribution in [0.3, 0.4) is 0 Å². The van der Waals surface area contributed by atoms with E-state index in [1.165, 1.54) is 16.8 Å². The largest absolute Gasteiger partial charge is 0.477 e. The summed E-state index contributed by atoms with van der Waals surface area (Å²) in [5.74, 6) is 1.18. The van der Waals surface area contributed by atoms with Crippen molar-refractivity contribution in [1.82, 2.24) is 30.1 Å². The van der Waals surface area contributed by atoms with Crippen molar-refractivity contribution < 1.29 is 22.7 Å². The molecule has 0 bridgehead atoms. The lowest BCUT2D eigenvalue weighted by Crippen LogP contribution is -2.31. The van der Waals surface area contributed by atoms with E-state index >= 15 is 0 Å². The van der Waals surface area contributed by atoms with Gasteiger partial charge in [0, 0.05) is 36.3 Å². The van der Waals surface area contributed by atoms with E-state index in [9.17, 15) is 18.0 Å². The molecule has 1 aliphatic carbocycles. The Hall–Kier alpha value is -3.03. The van der Waals surface area contributed by atoms with E-state index in [0.29, 0.717) is 22.6 Å². The van der Waals surface area contributed by atoms with Gasteiger partial charge in [-0.15, -0.1) is 5.10 Å². The van der Waals surface area contributed by atoms with Gasteiger partial charge in [-0.3, -0.25) is 9.52 Å². The predicted octanol–water partition coefficient (Wildman–Crippen LogP) is 6.22. The first-order valence-corrected chi connectivity index (χ1v) is 15.3. The fraction of sp³-hybridized carbons (Fsp3) is 0.517. The molecule has 1 saturated carbocycles. The quantitative estimate of drug-likeness (QED) is 0.0785. The van der Waals surface area contributed by atoms with Crippen LogP contribution in [-0.4, -0.2) is 57.1 Å². The molecule has 1 aliphatic heterocycles. The molecule has 2 aromatic rings. The van der Waals surface area contributed by atoms with Crippen molar-refractivity contribution in [2.45, 2.75) is 64.1 Å². The number of nitrogens with zero attached hydrogens (tertiary/aromatic N) is 4. The minimum absolute atomic E-state index is 0.0387. The Bertz CT molecular complexity index is 1360. The number of carbonyl (C=O) groups is 1. The fourth-order valence-electron chi connectivity index (χ4n) is 4.99. The number of pyridine rings is 1. The average molecular weight is 640 g/mol. The fourth-order valence-corrected chi connectivity index (χ4v) is 5.78. The highest BCUT2D eigenvalue weighted by atomic mass is 35.5. The van der Waals surface area contributed by atoms with Crippen molar-refractivity contribution >= 4 is 34.5 Å². The van der Waals surface area contributed by atoms with E-state index in [4.69, 9.17) is 16.3 Å². The van der Waals surface area contributed by atoms with Gasteiger partial charge in [0.2, 0.25) is 5.88 Å². The van der Waals surface area contributed by atoms with E-state index in [2.05, 4.69) is 57.4 Å². The Morgan fingerprint density at radius 2 is 2.12 bits per heavy atom. The number of halogens is 4. The molecule has 2 aliphatic rings. The summed E-state index contributed by atoms with van der Waals surface area (Å²) in [5, 5.41) is 11.4. The molecule has 2 fully saturated rings. The number of ether oxygens (including phenoxy) is 1. The lowest BCUT2D eigenvalue weighted by molar-refractivity contribution is -0.189. The maximum Gasteiger partial charge on any atom is 0.394 e. The molecule has 1 amide bonds. The number of nitrogens with one attached hydrogen (secondary N) is 3. The third-order valence-corrected chi connectivity index (χ3v) is 8.64. The van der Waals surface area contributed by atoms with Crippen LogP contribution in [0.25, 0.3) is 5.82 Å². The van der Waals surface area contributed by atoms with Gasteiger partial charge < -0.3 is 15.4 Å². The number of alkyl halides is 3. The Kier molecular flexibility index (Phi) is 10.5. The van der Waals surface area contributed by atoms with Gasteiger partial charge in [-0.1, -0.05) is 24.8 Å². The van der Waals surface area contributed by atoms with Crippen molar-refractivity contribution in [1.29, 1.82) is 0 Å². The van der Waals surface area contributed by atoms with Gasteiger partial charge in [0.05, 0.1) is 17.6 Å².